The molecule has 0 spiro atoms. The first-order valence-electron chi connectivity index (χ1n) is 3.40. The fourth-order valence-corrected chi connectivity index (χ4v) is 1.05. The molecule has 0 amide bonds. The van der Waals surface area contributed by atoms with Crippen molar-refractivity contribution in [3.8, 4) is 0 Å². The van der Waals surface area contributed by atoms with Crippen molar-refractivity contribution in [3.05, 3.63) is 6.04 Å². The molecule has 0 aromatic carbocycles. The van der Waals surface area contributed by atoms with Crippen LogP contribution in [0.15, 0.2) is 0 Å². The molecule has 1 rings (SSSR count). The Labute approximate surface area is 56.8 Å². The van der Waals surface area contributed by atoms with Gasteiger partial charge in [0.1, 0.15) is 0 Å². The Morgan fingerprint density at radius 2 is 1.78 bits per heavy atom. The molecule has 1 fully saturated rings. The number of hydrogen-bond donors (Lipinski definition) is 0. The fourth-order valence-electron chi connectivity index (χ4n) is 1.05. The number of ether oxygens (including phenoxy) is 1. The summed E-state index contributed by atoms with van der Waals surface area (Å²) in [6, 6.07) is 1.52. The number of rotatable bonds is 1. The Morgan fingerprint density at radius 1 is 1.22 bits per heavy atom. The molecule has 0 aromatic heterocycles. The van der Waals surface area contributed by atoms with Crippen molar-refractivity contribution in [1.29, 1.82) is 0 Å². The minimum atomic E-state index is 0.910. The molecule has 0 bridgehead atoms. The van der Waals surface area contributed by atoms with E-state index in [0.717, 1.165) is 26.1 Å². The minimum Gasteiger partial charge on any atom is -0.381 e. The summed E-state index contributed by atoms with van der Waals surface area (Å²) in [5.41, 5.74) is 0. The summed E-state index contributed by atoms with van der Waals surface area (Å²) in [5.74, 6) is 0. The predicted molar refractivity (Wildman–Crippen MR) is 37.0 cm³/mol. The van der Waals surface area contributed by atoms with Gasteiger partial charge in [-0.25, -0.2) is 0 Å². The summed E-state index contributed by atoms with van der Waals surface area (Å²) < 4.78 is 5.20. The second-order valence-corrected chi connectivity index (χ2v) is 2.57. The molecule has 0 N–H and O–H groups in total. The van der Waals surface area contributed by atoms with Crippen LogP contribution >= 0.6 is 0 Å². The Hall–Kier alpha value is -0.0800. The highest BCUT2D eigenvalue weighted by atomic mass is 16.5. The van der Waals surface area contributed by atoms with E-state index >= 15 is 0 Å². The van der Waals surface area contributed by atoms with E-state index in [1.165, 1.54) is 6.04 Å². The molecule has 1 heterocycles. The first-order chi connectivity index (χ1) is 4.30. The van der Waals surface area contributed by atoms with Crippen molar-refractivity contribution in [2.45, 2.75) is 12.8 Å². The van der Waals surface area contributed by atoms with Crippen LogP contribution in [0, 0.1) is 6.04 Å². The lowest BCUT2D eigenvalue weighted by Crippen LogP contribution is -2.26. The maximum absolute atomic E-state index is 5.20. The van der Waals surface area contributed by atoms with Crippen LogP contribution in [0.5, 0.6) is 0 Å². The average Bonchev–Trinajstić information content (AvgIpc) is 1.90. The van der Waals surface area contributed by atoms with Gasteiger partial charge >= 0.3 is 0 Å². The fraction of sp³-hybridized carbons (Fsp3) is 0.857. The summed E-state index contributed by atoms with van der Waals surface area (Å²) >= 11 is 0. The molecule has 9 heavy (non-hydrogen) atoms. The molecule has 2 heteroatoms. The van der Waals surface area contributed by atoms with E-state index in [0.29, 0.717) is 0 Å². The quantitative estimate of drug-likeness (QED) is 0.520. The molecule has 1 saturated heterocycles. The van der Waals surface area contributed by atoms with Gasteiger partial charge in [0.25, 0.3) is 0 Å². The number of nitrogens with zero attached hydrogens (tertiary/aromatic N) is 1. The van der Waals surface area contributed by atoms with Crippen LogP contribution in [0.3, 0.4) is 0 Å². The number of hydrogen-bond acceptors (Lipinski definition) is 2. The summed E-state index contributed by atoms with van der Waals surface area (Å²) in [4.78, 5) is 2.20. The molecule has 2 nitrogen and oxygen atoms in total. The molecule has 1 aliphatic heterocycles. The van der Waals surface area contributed by atoms with Crippen molar-refractivity contribution < 1.29 is 4.74 Å². The van der Waals surface area contributed by atoms with Gasteiger partial charge in [0.15, 0.2) is 0 Å². The third kappa shape index (κ3) is 1.95. The van der Waals surface area contributed by atoms with E-state index in [-0.39, 0.29) is 0 Å². The van der Waals surface area contributed by atoms with Gasteiger partial charge in [-0.1, -0.05) is 0 Å². The maximum atomic E-state index is 5.20. The van der Waals surface area contributed by atoms with Crippen LogP contribution in [0.4, 0.5) is 0 Å². The first kappa shape index (κ1) is 7.03. The predicted octanol–water partition coefficient (Wildman–Crippen LogP) is 0.890. The van der Waals surface area contributed by atoms with Gasteiger partial charge < -0.3 is 9.64 Å². The van der Waals surface area contributed by atoms with Crippen LogP contribution < -0.4 is 0 Å². The summed E-state index contributed by atoms with van der Waals surface area (Å²) in [7, 11) is 4.20. The molecule has 1 radical (unpaired) electrons. The van der Waals surface area contributed by atoms with E-state index < -0.39 is 0 Å². The Bertz CT molecular complexity index is 77.0. The lowest BCUT2D eigenvalue weighted by molar-refractivity contribution is 0.0854. The van der Waals surface area contributed by atoms with Gasteiger partial charge in [-0.15, -0.1) is 0 Å². The van der Waals surface area contributed by atoms with E-state index in [1.54, 1.807) is 0 Å². The van der Waals surface area contributed by atoms with E-state index in [1.807, 2.05) is 0 Å². The van der Waals surface area contributed by atoms with Crippen LogP contribution in [-0.4, -0.2) is 32.2 Å². The summed E-state index contributed by atoms with van der Waals surface area (Å²) in [5, 5.41) is 0. The Morgan fingerprint density at radius 3 is 2.11 bits per heavy atom. The molecule has 1 aliphatic rings. The largest absolute Gasteiger partial charge is 0.381 e. The monoisotopic (exact) mass is 128 g/mol. The van der Waals surface area contributed by atoms with Crippen molar-refractivity contribution in [2.24, 2.45) is 0 Å². The van der Waals surface area contributed by atoms with Crippen molar-refractivity contribution >= 4 is 0 Å². The zero-order valence-corrected chi connectivity index (χ0v) is 6.18. The van der Waals surface area contributed by atoms with Gasteiger partial charge in [-0.05, 0) is 26.9 Å². The minimum absolute atomic E-state index is 0.910. The van der Waals surface area contributed by atoms with Gasteiger partial charge in [0.05, 0.1) is 0 Å². The molecule has 0 atom stereocenters. The van der Waals surface area contributed by atoms with E-state index in [2.05, 4.69) is 19.0 Å². The van der Waals surface area contributed by atoms with Gasteiger partial charge in [-0.3, -0.25) is 0 Å². The molecule has 0 aliphatic carbocycles. The second-order valence-electron chi connectivity index (χ2n) is 2.57. The summed E-state index contributed by atoms with van der Waals surface area (Å²) in [6.07, 6.45) is 2.24. The third-order valence-corrected chi connectivity index (χ3v) is 1.70. The molecule has 0 aromatic rings. The highest BCUT2D eigenvalue weighted by Crippen LogP contribution is 2.17. The molecule has 53 valence electrons. The van der Waals surface area contributed by atoms with Gasteiger partial charge in [0.2, 0.25) is 0 Å². The van der Waals surface area contributed by atoms with Crippen molar-refractivity contribution in [2.75, 3.05) is 27.3 Å². The SMILES string of the molecule is CN(C)[C]1CCOCC1. The van der Waals surface area contributed by atoms with Crippen LogP contribution in [0.25, 0.3) is 0 Å². The Balaban J connectivity index is 2.23. The van der Waals surface area contributed by atoms with Gasteiger partial charge in [0, 0.05) is 19.3 Å². The summed E-state index contributed by atoms with van der Waals surface area (Å²) in [6.45, 7) is 1.82. The van der Waals surface area contributed by atoms with Crippen LogP contribution in [-0.2, 0) is 4.74 Å². The molecular formula is C7H14NO. The van der Waals surface area contributed by atoms with Crippen molar-refractivity contribution in [3.63, 3.8) is 0 Å². The second kappa shape index (κ2) is 3.18. The third-order valence-electron chi connectivity index (χ3n) is 1.70. The standard InChI is InChI=1S/C7H14NO/c1-8(2)7-3-5-9-6-4-7/h3-6H2,1-2H3. The first-order valence-corrected chi connectivity index (χ1v) is 3.40. The maximum Gasteiger partial charge on any atom is 0.0484 e. The van der Waals surface area contributed by atoms with E-state index in [9.17, 15) is 0 Å². The topological polar surface area (TPSA) is 12.5 Å². The zero-order valence-electron chi connectivity index (χ0n) is 6.18. The highest BCUT2D eigenvalue weighted by Gasteiger charge is 2.15. The van der Waals surface area contributed by atoms with Crippen LogP contribution in [0.2, 0.25) is 0 Å². The molecule has 0 unspecified atom stereocenters. The van der Waals surface area contributed by atoms with Gasteiger partial charge in [-0.2, -0.15) is 0 Å². The normalized spacial score (nSPS) is 23.0. The molecular weight excluding hydrogens is 114 g/mol. The average molecular weight is 128 g/mol. The molecule has 0 saturated carbocycles. The van der Waals surface area contributed by atoms with Crippen molar-refractivity contribution in [1.82, 2.24) is 4.90 Å². The smallest absolute Gasteiger partial charge is 0.0484 e. The van der Waals surface area contributed by atoms with E-state index in [4.69, 9.17) is 4.74 Å². The lowest BCUT2D eigenvalue weighted by Gasteiger charge is -2.26. The van der Waals surface area contributed by atoms with Crippen LogP contribution in [0.1, 0.15) is 12.8 Å². The highest BCUT2D eigenvalue weighted by molar-refractivity contribution is 4.88. The Kier molecular flexibility index (Phi) is 2.49. The lowest BCUT2D eigenvalue weighted by atomic mass is 10.1. The zero-order chi connectivity index (χ0) is 6.69.